The van der Waals surface area contributed by atoms with Crippen LogP contribution >= 0.6 is 0 Å². The molecule has 2 rings (SSSR count). The fourth-order valence-corrected chi connectivity index (χ4v) is 1.95. The van der Waals surface area contributed by atoms with Gasteiger partial charge < -0.3 is 10.4 Å². The Hall–Kier alpha value is -3.13. The molecule has 0 saturated carbocycles. The third-order valence-corrected chi connectivity index (χ3v) is 3.08. The second-order valence-corrected chi connectivity index (χ2v) is 4.64. The van der Waals surface area contributed by atoms with Crippen LogP contribution in [0.25, 0.3) is 0 Å². The quantitative estimate of drug-likeness (QED) is 0.556. The number of nitrogens with one attached hydrogen (secondary N) is 2. The van der Waals surface area contributed by atoms with Crippen LogP contribution in [0.2, 0.25) is 0 Å². The number of hydroxylamine groups is 1. The lowest BCUT2D eigenvalue weighted by Gasteiger charge is -2.09. The van der Waals surface area contributed by atoms with E-state index in [1.165, 1.54) is 25.3 Å². The molecule has 120 valence electrons. The summed E-state index contributed by atoms with van der Waals surface area (Å²) in [6.07, 6.45) is 0. The molecule has 1 amide bonds. The largest absolute Gasteiger partial charge is 0.508 e. The molecular formula is C15H15N3O5. The summed E-state index contributed by atoms with van der Waals surface area (Å²) in [5, 5.41) is 23.5. The molecule has 2 aromatic rings. The number of nitrogens with zero attached hydrogens (tertiary/aromatic N) is 1. The summed E-state index contributed by atoms with van der Waals surface area (Å²) in [6.45, 7) is 0.170. The van der Waals surface area contributed by atoms with Crippen molar-refractivity contribution in [1.82, 2.24) is 5.48 Å². The topological polar surface area (TPSA) is 114 Å². The van der Waals surface area contributed by atoms with Gasteiger partial charge in [-0.3, -0.25) is 19.7 Å². The first kappa shape index (κ1) is 16.2. The first-order chi connectivity index (χ1) is 11.0. The predicted octanol–water partition coefficient (Wildman–Crippen LogP) is 2.20. The van der Waals surface area contributed by atoms with Crippen molar-refractivity contribution in [2.75, 3.05) is 12.4 Å². The molecule has 0 aliphatic carbocycles. The zero-order valence-corrected chi connectivity index (χ0v) is 12.3. The van der Waals surface area contributed by atoms with Crippen molar-refractivity contribution in [2.24, 2.45) is 0 Å². The average Bonchev–Trinajstić information content (AvgIpc) is 2.54. The van der Waals surface area contributed by atoms with Crippen LogP contribution in [-0.2, 0) is 11.4 Å². The molecule has 0 aromatic heterocycles. The molecule has 23 heavy (non-hydrogen) atoms. The van der Waals surface area contributed by atoms with Gasteiger partial charge in [0.2, 0.25) is 0 Å². The van der Waals surface area contributed by atoms with Gasteiger partial charge in [0.25, 0.3) is 11.6 Å². The zero-order chi connectivity index (χ0) is 16.8. The molecule has 0 aliphatic rings. The fraction of sp³-hybridized carbons (Fsp3) is 0.133. The van der Waals surface area contributed by atoms with Crippen LogP contribution in [-0.4, -0.2) is 23.0 Å². The second kappa shape index (κ2) is 7.23. The van der Waals surface area contributed by atoms with Crippen LogP contribution in [0.5, 0.6) is 5.75 Å². The number of non-ortho nitro benzene ring substituents is 1. The number of rotatable bonds is 6. The van der Waals surface area contributed by atoms with Gasteiger partial charge in [0.1, 0.15) is 5.75 Å². The number of nitro groups is 1. The zero-order valence-electron chi connectivity index (χ0n) is 12.3. The Kier molecular flexibility index (Phi) is 5.11. The first-order valence-corrected chi connectivity index (χ1v) is 6.65. The molecule has 0 heterocycles. The number of carbonyl (C=O) groups excluding carboxylic acids is 1. The molecule has 8 heteroatoms. The summed E-state index contributed by atoms with van der Waals surface area (Å²) in [4.78, 5) is 26.5. The normalized spacial score (nSPS) is 10.1. The van der Waals surface area contributed by atoms with Gasteiger partial charge in [-0.2, -0.15) is 0 Å². The number of benzene rings is 2. The van der Waals surface area contributed by atoms with E-state index in [4.69, 9.17) is 0 Å². The lowest BCUT2D eigenvalue weighted by atomic mass is 10.1. The Balaban J connectivity index is 2.12. The van der Waals surface area contributed by atoms with Crippen LogP contribution < -0.4 is 10.8 Å². The molecule has 8 nitrogen and oxygen atoms in total. The van der Waals surface area contributed by atoms with Gasteiger partial charge in [-0.05, 0) is 24.3 Å². The number of amides is 1. The van der Waals surface area contributed by atoms with E-state index in [9.17, 15) is 20.0 Å². The maximum atomic E-state index is 11.7. The molecule has 0 bridgehead atoms. The van der Waals surface area contributed by atoms with E-state index >= 15 is 0 Å². The first-order valence-electron chi connectivity index (χ1n) is 6.65. The molecular weight excluding hydrogens is 302 g/mol. The van der Waals surface area contributed by atoms with Crippen molar-refractivity contribution in [3.8, 4) is 5.75 Å². The van der Waals surface area contributed by atoms with E-state index in [1.807, 2.05) is 0 Å². The Morgan fingerprint density at radius 3 is 2.78 bits per heavy atom. The van der Waals surface area contributed by atoms with E-state index in [0.29, 0.717) is 16.8 Å². The SMILES string of the molecule is CONC(=O)c1cccc(NCc2cc([N+](=O)[O-])ccc2O)c1. The summed E-state index contributed by atoms with van der Waals surface area (Å²) < 4.78 is 0. The standard InChI is InChI=1S/C15H15N3O5/c1-23-17-15(20)10-3-2-4-12(7-10)16-9-11-8-13(18(21)22)5-6-14(11)19/h2-8,16,19H,9H2,1H3,(H,17,20). The van der Waals surface area contributed by atoms with Gasteiger partial charge in [0.15, 0.2) is 0 Å². The molecule has 0 aliphatic heterocycles. The molecule has 0 radical (unpaired) electrons. The number of anilines is 1. The van der Waals surface area contributed by atoms with Gasteiger partial charge in [0.05, 0.1) is 12.0 Å². The highest BCUT2D eigenvalue weighted by atomic mass is 16.6. The Bertz CT molecular complexity index is 733. The molecule has 0 fully saturated rings. The smallest absolute Gasteiger partial charge is 0.274 e. The predicted molar refractivity (Wildman–Crippen MR) is 83.0 cm³/mol. The number of phenolic OH excluding ortho intramolecular Hbond substituents is 1. The highest BCUT2D eigenvalue weighted by molar-refractivity contribution is 5.94. The molecule has 0 unspecified atom stereocenters. The van der Waals surface area contributed by atoms with Gasteiger partial charge in [-0.25, -0.2) is 5.48 Å². The van der Waals surface area contributed by atoms with Gasteiger partial charge in [-0.15, -0.1) is 0 Å². The van der Waals surface area contributed by atoms with Gasteiger partial charge in [0, 0.05) is 35.5 Å². The highest BCUT2D eigenvalue weighted by Crippen LogP contribution is 2.24. The number of hydrogen-bond acceptors (Lipinski definition) is 6. The molecule has 3 N–H and O–H groups in total. The van der Waals surface area contributed by atoms with Crippen LogP contribution in [0.4, 0.5) is 11.4 Å². The van der Waals surface area contributed by atoms with Crippen LogP contribution in [0.1, 0.15) is 15.9 Å². The minimum Gasteiger partial charge on any atom is -0.508 e. The van der Waals surface area contributed by atoms with E-state index in [1.54, 1.807) is 24.3 Å². The lowest BCUT2D eigenvalue weighted by Crippen LogP contribution is -2.21. The summed E-state index contributed by atoms with van der Waals surface area (Å²) >= 11 is 0. The highest BCUT2D eigenvalue weighted by Gasteiger charge is 2.10. The van der Waals surface area contributed by atoms with E-state index in [2.05, 4.69) is 15.6 Å². The third-order valence-electron chi connectivity index (χ3n) is 3.08. The van der Waals surface area contributed by atoms with Crippen molar-refractivity contribution in [1.29, 1.82) is 0 Å². The summed E-state index contributed by atoms with van der Waals surface area (Å²) in [5.41, 5.74) is 3.50. The number of aromatic hydroxyl groups is 1. The van der Waals surface area contributed by atoms with Crippen LogP contribution in [0.3, 0.4) is 0 Å². The summed E-state index contributed by atoms with van der Waals surface area (Å²) in [7, 11) is 1.34. The third kappa shape index (κ3) is 4.17. The number of hydrogen-bond donors (Lipinski definition) is 3. The monoisotopic (exact) mass is 317 g/mol. The molecule has 2 aromatic carbocycles. The molecule has 0 atom stereocenters. The van der Waals surface area contributed by atoms with Gasteiger partial charge in [-0.1, -0.05) is 6.07 Å². The van der Waals surface area contributed by atoms with E-state index < -0.39 is 10.8 Å². The number of nitro benzene ring substituents is 1. The minimum atomic E-state index is -0.529. The van der Waals surface area contributed by atoms with Crippen molar-refractivity contribution < 1.29 is 19.7 Å². The van der Waals surface area contributed by atoms with Crippen LogP contribution in [0.15, 0.2) is 42.5 Å². The minimum absolute atomic E-state index is 0.0450. The average molecular weight is 317 g/mol. The van der Waals surface area contributed by atoms with Crippen molar-refractivity contribution in [3.63, 3.8) is 0 Å². The maximum Gasteiger partial charge on any atom is 0.274 e. The Morgan fingerprint density at radius 2 is 2.09 bits per heavy atom. The van der Waals surface area contributed by atoms with E-state index in [-0.39, 0.29) is 18.0 Å². The van der Waals surface area contributed by atoms with E-state index in [0.717, 1.165) is 0 Å². The van der Waals surface area contributed by atoms with Crippen molar-refractivity contribution in [2.45, 2.75) is 6.54 Å². The summed E-state index contributed by atoms with van der Waals surface area (Å²) in [5.74, 6) is -0.439. The van der Waals surface area contributed by atoms with Gasteiger partial charge >= 0.3 is 0 Å². The van der Waals surface area contributed by atoms with Crippen molar-refractivity contribution in [3.05, 3.63) is 63.7 Å². The summed E-state index contributed by atoms with van der Waals surface area (Å²) in [6, 6.07) is 10.4. The number of phenols is 1. The molecule has 0 spiro atoms. The Labute approximate surface area is 131 Å². The molecule has 0 saturated heterocycles. The number of carbonyl (C=O) groups is 1. The maximum absolute atomic E-state index is 11.7. The lowest BCUT2D eigenvalue weighted by molar-refractivity contribution is -0.384. The van der Waals surface area contributed by atoms with Crippen molar-refractivity contribution >= 4 is 17.3 Å². The Morgan fingerprint density at radius 1 is 1.30 bits per heavy atom. The van der Waals surface area contributed by atoms with Crippen LogP contribution in [0, 0.1) is 10.1 Å². The second-order valence-electron chi connectivity index (χ2n) is 4.64. The fourth-order valence-electron chi connectivity index (χ4n) is 1.95.